The molecular weight excluding hydrogens is 609 g/mol. The largest absolute Gasteiger partial charge is 0.505 e. The van der Waals surface area contributed by atoms with E-state index in [4.69, 9.17) is 23.2 Å². The number of hydrogen-bond donors (Lipinski definition) is 2. The van der Waals surface area contributed by atoms with Gasteiger partial charge in [-0.05, 0) is 65.2 Å². The van der Waals surface area contributed by atoms with Gasteiger partial charge in [0.1, 0.15) is 16.5 Å². The summed E-state index contributed by atoms with van der Waals surface area (Å²) in [6, 6.07) is 19.5. The molecule has 1 amide bonds. The minimum Gasteiger partial charge on any atom is -0.505 e. The fourth-order valence-corrected chi connectivity index (χ4v) is 6.38. The summed E-state index contributed by atoms with van der Waals surface area (Å²) in [7, 11) is -4.38. The quantitative estimate of drug-likeness (QED) is 0.211. The Balaban J connectivity index is 1.61. The average molecular weight is 636 g/mol. The van der Waals surface area contributed by atoms with Crippen molar-refractivity contribution in [3.05, 3.63) is 129 Å². The standard InChI is InChI=1S/C30H26Cl2F2N2O5S/c31-24-15-27(32)29(38)28(16-24)42(40,41)36(19-22-5-11-26(34)12-6-22)18-21-1-7-23(8-2-21)30(39)35(13-14-37)17-20-3-9-25(33)10-4-20/h1-12,15-16,37-38H,13-14,17-19H2. The molecule has 0 atom stereocenters. The summed E-state index contributed by atoms with van der Waals surface area (Å²) in [4.78, 5) is 14.1. The van der Waals surface area contributed by atoms with E-state index in [1.165, 1.54) is 59.5 Å². The third-order valence-electron chi connectivity index (χ3n) is 6.39. The third kappa shape index (κ3) is 7.64. The van der Waals surface area contributed by atoms with E-state index >= 15 is 0 Å². The maximum Gasteiger partial charge on any atom is 0.254 e. The van der Waals surface area contributed by atoms with Gasteiger partial charge < -0.3 is 15.1 Å². The Labute approximate surface area is 252 Å². The molecule has 0 bridgehead atoms. The molecule has 4 rings (SSSR count). The minimum absolute atomic E-state index is 0.00837. The summed E-state index contributed by atoms with van der Waals surface area (Å²) < 4.78 is 55.3. The van der Waals surface area contributed by atoms with E-state index in [0.29, 0.717) is 22.3 Å². The normalized spacial score (nSPS) is 11.6. The van der Waals surface area contributed by atoms with E-state index in [9.17, 15) is 32.2 Å². The minimum atomic E-state index is -4.38. The molecule has 0 aliphatic carbocycles. The van der Waals surface area contributed by atoms with E-state index in [1.54, 1.807) is 24.3 Å². The van der Waals surface area contributed by atoms with Crippen molar-refractivity contribution >= 4 is 39.1 Å². The van der Waals surface area contributed by atoms with Crippen molar-refractivity contribution in [2.45, 2.75) is 24.5 Å². The number of rotatable bonds is 11. The van der Waals surface area contributed by atoms with Crippen LogP contribution in [0.2, 0.25) is 10.0 Å². The second-order valence-corrected chi connectivity index (χ2v) is 12.2. The maximum atomic E-state index is 13.7. The molecule has 4 aromatic rings. The van der Waals surface area contributed by atoms with Gasteiger partial charge in [-0.15, -0.1) is 0 Å². The number of amides is 1. The first-order valence-electron chi connectivity index (χ1n) is 12.6. The molecule has 0 fully saturated rings. The SMILES string of the molecule is O=C(c1ccc(CN(Cc2ccc(F)cc2)S(=O)(=O)c2cc(Cl)cc(Cl)c2O)cc1)N(CCO)Cc1ccc(F)cc1. The highest BCUT2D eigenvalue weighted by Gasteiger charge is 2.30. The predicted octanol–water partition coefficient (Wildman–Crippen LogP) is 6.00. The Morgan fingerprint density at radius 1 is 0.762 bits per heavy atom. The van der Waals surface area contributed by atoms with Crippen molar-refractivity contribution < 1.29 is 32.2 Å². The third-order valence-corrected chi connectivity index (χ3v) is 8.70. The molecule has 0 heterocycles. The lowest BCUT2D eigenvalue weighted by atomic mass is 10.1. The van der Waals surface area contributed by atoms with Crippen molar-refractivity contribution in [2.75, 3.05) is 13.2 Å². The number of phenolic OH excluding ortho intramolecular Hbond substituents is 1. The topological polar surface area (TPSA) is 98.2 Å². The van der Waals surface area contributed by atoms with Gasteiger partial charge >= 0.3 is 0 Å². The highest BCUT2D eigenvalue weighted by Crippen LogP contribution is 2.36. The average Bonchev–Trinajstić information content (AvgIpc) is 2.96. The Kier molecular flexibility index (Phi) is 10.2. The van der Waals surface area contributed by atoms with Crippen LogP contribution in [0.4, 0.5) is 8.78 Å². The summed E-state index contributed by atoms with van der Waals surface area (Å²) in [5.41, 5.74) is 1.97. The first kappa shape index (κ1) is 31.4. The number of phenols is 1. The molecule has 0 spiro atoms. The molecular formula is C30H26Cl2F2N2O5S. The van der Waals surface area contributed by atoms with Crippen LogP contribution in [-0.2, 0) is 29.7 Å². The molecule has 2 N–H and O–H groups in total. The Hall–Kier alpha value is -3.54. The van der Waals surface area contributed by atoms with Crippen molar-refractivity contribution in [2.24, 2.45) is 0 Å². The Bertz CT molecular complexity index is 1650. The summed E-state index contributed by atoms with van der Waals surface area (Å²) >= 11 is 12.0. The molecule has 0 radical (unpaired) electrons. The number of nitrogens with zero attached hydrogens (tertiary/aromatic N) is 2. The number of carbonyl (C=O) groups excluding carboxylic acids is 1. The molecule has 0 saturated heterocycles. The molecule has 220 valence electrons. The van der Waals surface area contributed by atoms with Gasteiger partial charge in [0.2, 0.25) is 10.0 Å². The molecule has 0 aliphatic rings. The fraction of sp³-hybridized carbons (Fsp3) is 0.167. The zero-order chi connectivity index (χ0) is 30.4. The second kappa shape index (κ2) is 13.6. The van der Waals surface area contributed by atoms with Crippen molar-refractivity contribution in [3.8, 4) is 5.75 Å². The molecule has 4 aromatic carbocycles. The lowest BCUT2D eigenvalue weighted by molar-refractivity contribution is 0.0708. The van der Waals surface area contributed by atoms with E-state index in [0.717, 1.165) is 10.4 Å². The monoisotopic (exact) mass is 634 g/mol. The van der Waals surface area contributed by atoms with Crippen LogP contribution >= 0.6 is 23.2 Å². The van der Waals surface area contributed by atoms with E-state index < -0.39 is 32.3 Å². The molecule has 0 unspecified atom stereocenters. The Morgan fingerprint density at radius 2 is 1.24 bits per heavy atom. The van der Waals surface area contributed by atoms with Gasteiger partial charge in [0.25, 0.3) is 5.91 Å². The van der Waals surface area contributed by atoms with Crippen LogP contribution in [-0.4, -0.2) is 46.9 Å². The van der Waals surface area contributed by atoms with Gasteiger partial charge in [-0.2, -0.15) is 4.31 Å². The lowest BCUT2D eigenvalue weighted by Crippen LogP contribution is -2.33. The van der Waals surface area contributed by atoms with Crippen LogP contribution in [0, 0.1) is 11.6 Å². The zero-order valence-electron chi connectivity index (χ0n) is 22.1. The highest BCUT2D eigenvalue weighted by molar-refractivity contribution is 7.89. The summed E-state index contributed by atoms with van der Waals surface area (Å²) in [6.07, 6.45) is 0. The molecule has 0 aromatic heterocycles. The van der Waals surface area contributed by atoms with E-state index in [1.807, 2.05) is 0 Å². The van der Waals surface area contributed by atoms with Gasteiger partial charge in [-0.25, -0.2) is 17.2 Å². The number of aliphatic hydroxyl groups is 1. The van der Waals surface area contributed by atoms with Gasteiger partial charge in [-0.1, -0.05) is 59.6 Å². The lowest BCUT2D eigenvalue weighted by Gasteiger charge is -2.24. The highest BCUT2D eigenvalue weighted by atomic mass is 35.5. The summed E-state index contributed by atoms with van der Waals surface area (Å²) in [5, 5.41) is 19.7. The van der Waals surface area contributed by atoms with E-state index in [2.05, 4.69) is 0 Å². The number of sulfonamides is 1. The van der Waals surface area contributed by atoms with Crippen LogP contribution < -0.4 is 0 Å². The van der Waals surface area contributed by atoms with E-state index in [-0.39, 0.29) is 48.7 Å². The van der Waals surface area contributed by atoms with Crippen LogP contribution in [0.5, 0.6) is 5.75 Å². The maximum absolute atomic E-state index is 13.7. The fourth-order valence-electron chi connectivity index (χ4n) is 4.22. The Morgan fingerprint density at radius 3 is 1.74 bits per heavy atom. The van der Waals surface area contributed by atoms with Crippen molar-refractivity contribution in [1.82, 2.24) is 9.21 Å². The van der Waals surface area contributed by atoms with Crippen LogP contribution in [0.1, 0.15) is 27.0 Å². The summed E-state index contributed by atoms with van der Waals surface area (Å²) in [6.45, 7) is -0.422. The predicted molar refractivity (Wildman–Crippen MR) is 156 cm³/mol. The van der Waals surface area contributed by atoms with Crippen LogP contribution in [0.15, 0.2) is 89.8 Å². The molecule has 42 heavy (non-hydrogen) atoms. The number of carbonyl (C=O) groups is 1. The summed E-state index contributed by atoms with van der Waals surface area (Å²) in [5.74, 6) is -1.92. The van der Waals surface area contributed by atoms with Gasteiger partial charge in [-0.3, -0.25) is 4.79 Å². The molecule has 7 nitrogen and oxygen atoms in total. The first-order valence-corrected chi connectivity index (χ1v) is 14.8. The van der Waals surface area contributed by atoms with Gasteiger partial charge in [0.15, 0.2) is 5.75 Å². The number of halogens is 4. The number of aromatic hydroxyl groups is 1. The number of hydrogen-bond acceptors (Lipinski definition) is 5. The molecule has 12 heteroatoms. The zero-order valence-corrected chi connectivity index (χ0v) is 24.4. The molecule has 0 saturated carbocycles. The number of benzene rings is 4. The smallest absolute Gasteiger partial charge is 0.254 e. The van der Waals surface area contributed by atoms with Crippen molar-refractivity contribution in [1.29, 1.82) is 0 Å². The number of aliphatic hydroxyl groups excluding tert-OH is 1. The second-order valence-electron chi connectivity index (χ2n) is 9.41. The van der Waals surface area contributed by atoms with Gasteiger partial charge in [0.05, 0.1) is 11.6 Å². The van der Waals surface area contributed by atoms with Crippen LogP contribution in [0.3, 0.4) is 0 Å². The first-order chi connectivity index (χ1) is 20.0. The van der Waals surface area contributed by atoms with Crippen molar-refractivity contribution in [3.63, 3.8) is 0 Å². The van der Waals surface area contributed by atoms with Crippen LogP contribution in [0.25, 0.3) is 0 Å². The van der Waals surface area contributed by atoms with Gasteiger partial charge in [0, 0.05) is 36.8 Å². The molecule has 0 aliphatic heterocycles.